The zero-order valence-corrected chi connectivity index (χ0v) is 19.7. The molecule has 0 fully saturated rings. The van der Waals surface area contributed by atoms with Crippen LogP contribution in [0.25, 0.3) is 5.69 Å². The van der Waals surface area contributed by atoms with E-state index in [1.165, 1.54) is 37.1 Å². The lowest BCUT2D eigenvalue weighted by atomic mass is 10.1. The third-order valence-corrected chi connectivity index (χ3v) is 6.46. The molecule has 8 nitrogen and oxygen atoms in total. The fraction of sp³-hybridized carbons (Fsp3) is 0.333. The van der Waals surface area contributed by atoms with Crippen LogP contribution in [0.3, 0.4) is 0 Å². The van der Waals surface area contributed by atoms with Crippen LogP contribution in [0, 0.1) is 11.6 Å². The van der Waals surface area contributed by atoms with E-state index in [-0.39, 0.29) is 28.3 Å². The number of rotatable bonds is 6. The van der Waals surface area contributed by atoms with E-state index >= 15 is 0 Å². The number of ether oxygens (including phenoxy) is 2. The number of hydrogen-bond acceptors (Lipinski definition) is 7. The lowest BCUT2D eigenvalue weighted by Gasteiger charge is -2.12. The highest BCUT2D eigenvalue weighted by atomic mass is 28.3. The summed E-state index contributed by atoms with van der Waals surface area (Å²) in [7, 11) is 1.16. The van der Waals surface area contributed by atoms with Crippen LogP contribution in [0.4, 0.5) is 14.5 Å². The van der Waals surface area contributed by atoms with E-state index in [1.807, 2.05) is 0 Å². The summed E-state index contributed by atoms with van der Waals surface area (Å²) in [4.78, 5) is 0. The van der Waals surface area contributed by atoms with Gasteiger partial charge in [0.1, 0.15) is 8.07 Å². The number of benzene rings is 2. The molecule has 0 saturated carbocycles. The molecule has 2 aromatic carbocycles. The molecule has 0 amide bonds. The molecule has 0 atom stereocenters. The van der Waals surface area contributed by atoms with Crippen LogP contribution in [-0.4, -0.2) is 47.5 Å². The van der Waals surface area contributed by atoms with E-state index in [1.54, 1.807) is 12.3 Å². The van der Waals surface area contributed by atoms with Gasteiger partial charge in [0.05, 0.1) is 38.4 Å². The average Bonchev–Trinajstić information content (AvgIpc) is 3.25. The largest absolute Gasteiger partial charge is 0.494 e. The summed E-state index contributed by atoms with van der Waals surface area (Å²) >= 11 is 0. The Bertz CT molecular complexity index is 1070. The van der Waals surface area contributed by atoms with Crippen molar-refractivity contribution in [3.63, 3.8) is 0 Å². The monoisotopic (exact) mass is 466 g/mol. The van der Waals surface area contributed by atoms with Crippen molar-refractivity contribution in [2.24, 2.45) is 0 Å². The molecule has 0 aliphatic heterocycles. The molecule has 0 radical (unpaired) electrons. The summed E-state index contributed by atoms with van der Waals surface area (Å²) in [6.07, 6.45) is 1.80. The number of nitrogens with two attached hydrogens (primary N) is 1. The van der Waals surface area contributed by atoms with Gasteiger partial charge in [0, 0.05) is 23.0 Å². The molecule has 3 rings (SSSR count). The number of halogens is 2. The first-order chi connectivity index (χ1) is 15.1. The van der Waals surface area contributed by atoms with Crippen molar-refractivity contribution >= 4 is 19.1 Å². The van der Waals surface area contributed by atoms with Gasteiger partial charge in [-0.1, -0.05) is 24.9 Å². The van der Waals surface area contributed by atoms with Gasteiger partial charge in [-0.25, -0.2) is 13.5 Å². The summed E-state index contributed by atoms with van der Waals surface area (Å²) in [6.45, 7) is 5.62. The number of nitrogen functional groups attached to an aromatic ring is 1. The Balaban J connectivity index is 0.000000258. The topological polar surface area (TPSA) is 116 Å². The van der Waals surface area contributed by atoms with Crippen LogP contribution < -0.4 is 20.5 Å². The molecule has 1 aromatic heterocycles. The zero-order valence-electron chi connectivity index (χ0n) is 18.7. The number of aliphatic hydroxyl groups excluding tert-OH is 2. The summed E-state index contributed by atoms with van der Waals surface area (Å²) in [5, 5.41) is 27.3. The third kappa shape index (κ3) is 5.42. The van der Waals surface area contributed by atoms with Crippen molar-refractivity contribution in [1.29, 1.82) is 0 Å². The Morgan fingerprint density at radius 3 is 1.94 bits per heavy atom. The van der Waals surface area contributed by atoms with Gasteiger partial charge in [-0.05, 0) is 24.3 Å². The fourth-order valence-corrected chi connectivity index (χ4v) is 3.62. The molecule has 0 spiro atoms. The molecule has 0 aliphatic carbocycles. The Hall–Kier alpha value is -3.02. The van der Waals surface area contributed by atoms with Gasteiger partial charge >= 0.3 is 0 Å². The molecule has 0 unspecified atom stereocenters. The van der Waals surface area contributed by atoms with Crippen LogP contribution in [0.1, 0.15) is 11.1 Å². The Morgan fingerprint density at radius 1 is 0.938 bits per heavy atom. The zero-order chi connectivity index (χ0) is 24.1. The molecule has 32 heavy (non-hydrogen) atoms. The first kappa shape index (κ1) is 25.2. The minimum Gasteiger partial charge on any atom is -0.494 e. The smallest absolute Gasteiger partial charge is 0.172 e. The van der Waals surface area contributed by atoms with Gasteiger partial charge in [-0.2, -0.15) is 0 Å². The Morgan fingerprint density at radius 2 is 1.47 bits per heavy atom. The maximum absolute atomic E-state index is 14.1. The highest BCUT2D eigenvalue weighted by Crippen LogP contribution is 2.26. The maximum Gasteiger partial charge on any atom is 0.172 e. The first-order valence-electron chi connectivity index (χ1n) is 9.70. The highest BCUT2D eigenvalue weighted by molar-refractivity contribution is 6.88. The number of nitrogens with zero attached hydrogens (tertiary/aromatic N) is 3. The lowest BCUT2D eigenvalue weighted by molar-refractivity contribution is 0.272. The molecule has 1 heterocycles. The van der Waals surface area contributed by atoms with Crippen LogP contribution in [0.15, 0.2) is 30.5 Å². The van der Waals surface area contributed by atoms with Crippen LogP contribution in [-0.2, 0) is 13.2 Å². The highest BCUT2D eigenvalue weighted by Gasteiger charge is 2.22. The first-order valence-corrected chi connectivity index (χ1v) is 13.2. The van der Waals surface area contributed by atoms with Gasteiger partial charge in [0.15, 0.2) is 23.1 Å². The van der Waals surface area contributed by atoms with E-state index in [0.29, 0.717) is 5.69 Å². The fourth-order valence-electron chi connectivity index (χ4n) is 2.77. The van der Waals surface area contributed by atoms with Crippen molar-refractivity contribution in [3.05, 3.63) is 53.2 Å². The molecule has 3 aromatic rings. The van der Waals surface area contributed by atoms with Crippen molar-refractivity contribution in [2.45, 2.75) is 32.9 Å². The second-order valence-electron chi connectivity index (χ2n) is 7.84. The number of anilines is 1. The summed E-state index contributed by atoms with van der Waals surface area (Å²) in [6, 6.07) is 6.09. The third-order valence-electron chi connectivity index (χ3n) is 4.69. The van der Waals surface area contributed by atoms with E-state index in [2.05, 4.69) is 30.0 Å². The van der Waals surface area contributed by atoms with Crippen molar-refractivity contribution < 1.29 is 28.5 Å². The number of methoxy groups -OCH3 is 2. The summed E-state index contributed by atoms with van der Waals surface area (Å²) in [5.41, 5.74) is 6.33. The van der Waals surface area contributed by atoms with Crippen molar-refractivity contribution in [3.8, 4) is 17.2 Å². The quantitative estimate of drug-likeness (QED) is 0.377. The Kier molecular flexibility index (Phi) is 8.30. The molecule has 174 valence electrons. The molecule has 11 heteroatoms. The predicted octanol–water partition coefficient (Wildman–Crippen LogP) is 2.36. The summed E-state index contributed by atoms with van der Waals surface area (Å²) in [5.74, 6) is -0.978. The van der Waals surface area contributed by atoms with Gasteiger partial charge in [0.2, 0.25) is 0 Å². The Labute approximate surface area is 186 Å². The second-order valence-corrected chi connectivity index (χ2v) is 12.9. The molecular weight excluding hydrogens is 438 g/mol. The molecule has 0 bridgehead atoms. The van der Waals surface area contributed by atoms with Crippen LogP contribution >= 0.6 is 0 Å². The summed E-state index contributed by atoms with van der Waals surface area (Å²) < 4.78 is 38.4. The van der Waals surface area contributed by atoms with E-state index in [9.17, 15) is 13.9 Å². The second kappa shape index (κ2) is 10.5. The van der Waals surface area contributed by atoms with Gasteiger partial charge in [-0.15, -0.1) is 5.10 Å². The number of aromatic nitrogens is 3. The van der Waals surface area contributed by atoms with Gasteiger partial charge in [0.25, 0.3) is 0 Å². The normalized spacial score (nSPS) is 11.0. The van der Waals surface area contributed by atoms with E-state index < -0.39 is 32.9 Å². The van der Waals surface area contributed by atoms with Crippen molar-refractivity contribution in [1.82, 2.24) is 15.0 Å². The number of aliphatic hydroxyl groups is 2. The van der Waals surface area contributed by atoms with E-state index in [0.717, 1.165) is 5.32 Å². The maximum atomic E-state index is 14.1. The van der Waals surface area contributed by atoms with E-state index in [4.69, 9.17) is 20.3 Å². The van der Waals surface area contributed by atoms with Gasteiger partial charge in [-0.3, -0.25) is 0 Å². The van der Waals surface area contributed by atoms with Gasteiger partial charge < -0.3 is 25.4 Å². The van der Waals surface area contributed by atoms with Crippen molar-refractivity contribution in [2.75, 3.05) is 20.0 Å². The standard InChI is InChI=1S/C13H18FN3O2Si.C8H10FNO2/c1-19-11-6-5-10(9(8-18)13(11)14)17-7-12(15-16-17)20(2,3)4;1-12-7-3-2-6(10)5(4-11)8(7)9/h5-7,18H,8H2,1-4H3;2-3,11H,4,10H2,1H3. The van der Waals surface area contributed by atoms with Crippen LogP contribution in [0.5, 0.6) is 11.5 Å². The van der Waals surface area contributed by atoms with Crippen LogP contribution in [0.2, 0.25) is 19.6 Å². The minimum atomic E-state index is -1.58. The average molecular weight is 467 g/mol. The lowest BCUT2D eigenvalue weighted by Crippen LogP contribution is -2.38. The molecular formula is C21H28F2N4O4Si. The SMILES string of the molecule is COc1ccc(-n2cc([Si](C)(C)C)nn2)c(CO)c1F.COc1ccc(N)c(CO)c1F. The predicted molar refractivity (Wildman–Crippen MR) is 120 cm³/mol. The molecule has 0 aliphatic rings. The number of hydrogen-bond donors (Lipinski definition) is 3. The molecule has 0 saturated heterocycles. The molecule has 4 N–H and O–H groups in total. The minimum absolute atomic E-state index is 0.0781.